The SMILES string of the molecule is CCCS(=O)(=O)c1ccc(N2CCC(Br)CC2)cc1. The maximum absolute atomic E-state index is 11.9. The molecule has 0 spiro atoms. The van der Waals surface area contributed by atoms with E-state index in [1.807, 2.05) is 19.1 Å². The fourth-order valence-corrected chi connectivity index (χ4v) is 4.09. The van der Waals surface area contributed by atoms with Crippen LogP contribution in [0.5, 0.6) is 0 Å². The number of piperidine rings is 1. The van der Waals surface area contributed by atoms with Crippen molar-refractivity contribution in [1.82, 2.24) is 0 Å². The Kier molecular flexibility index (Phi) is 4.90. The Morgan fingerprint density at radius 3 is 2.32 bits per heavy atom. The van der Waals surface area contributed by atoms with Crippen molar-refractivity contribution >= 4 is 31.5 Å². The van der Waals surface area contributed by atoms with Gasteiger partial charge in [-0.1, -0.05) is 22.9 Å². The van der Waals surface area contributed by atoms with E-state index in [0.29, 0.717) is 16.1 Å². The normalized spacial score (nSPS) is 17.7. The molecule has 1 saturated heterocycles. The third-order valence-electron chi connectivity index (χ3n) is 3.46. The molecule has 5 heteroatoms. The van der Waals surface area contributed by atoms with Crippen LogP contribution in [0.15, 0.2) is 29.2 Å². The molecule has 19 heavy (non-hydrogen) atoms. The number of sulfone groups is 1. The Morgan fingerprint density at radius 2 is 1.79 bits per heavy atom. The second-order valence-electron chi connectivity index (χ2n) is 4.97. The van der Waals surface area contributed by atoms with Crippen molar-refractivity contribution in [2.75, 3.05) is 23.7 Å². The van der Waals surface area contributed by atoms with Crippen LogP contribution in [-0.4, -0.2) is 32.1 Å². The number of rotatable bonds is 4. The topological polar surface area (TPSA) is 37.4 Å². The van der Waals surface area contributed by atoms with Crippen LogP contribution in [0.25, 0.3) is 0 Å². The van der Waals surface area contributed by atoms with Gasteiger partial charge in [0.1, 0.15) is 0 Å². The summed E-state index contributed by atoms with van der Waals surface area (Å²) < 4.78 is 23.9. The van der Waals surface area contributed by atoms with E-state index in [1.54, 1.807) is 12.1 Å². The van der Waals surface area contributed by atoms with Crippen molar-refractivity contribution in [3.63, 3.8) is 0 Å². The fraction of sp³-hybridized carbons (Fsp3) is 0.571. The van der Waals surface area contributed by atoms with Crippen LogP contribution in [0.3, 0.4) is 0 Å². The molecule has 0 unspecified atom stereocenters. The molecule has 1 aliphatic rings. The lowest BCUT2D eigenvalue weighted by Gasteiger charge is -2.31. The number of alkyl halides is 1. The van der Waals surface area contributed by atoms with Gasteiger partial charge in [-0.25, -0.2) is 8.42 Å². The number of benzene rings is 1. The van der Waals surface area contributed by atoms with Crippen LogP contribution in [0.1, 0.15) is 26.2 Å². The van der Waals surface area contributed by atoms with Gasteiger partial charge in [0, 0.05) is 23.6 Å². The molecule has 1 aliphatic heterocycles. The van der Waals surface area contributed by atoms with Gasteiger partial charge in [0.05, 0.1) is 10.6 Å². The van der Waals surface area contributed by atoms with E-state index in [9.17, 15) is 8.42 Å². The van der Waals surface area contributed by atoms with Crippen LogP contribution in [0, 0.1) is 0 Å². The summed E-state index contributed by atoms with van der Waals surface area (Å²) in [5.74, 6) is 0.224. The monoisotopic (exact) mass is 345 g/mol. The second-order valence-corrected chi connectivity index (χ2v) is 8.38. The number of halogens is 1. The summed E-state index contributed by atoms with van der Waals surface area (Å²) in [6, 6.07) is 7.33. The lowest BCUT2D eigenvalue weighted by Crippen LogP contribution is -2.33. The Labute approximate surface area is 124 Å². The summed E-state index contributed by atoms with van der Waals surface area (Å²) in [5.41, 5.74) is 1.12. The predicted octanol–water partition coefficient (Wildman–Crippen LogP) is 3.23. The zero-order valence-corrected chi connectivity index (χ0v) is 13.6. The summed E-state index contributed by atoms with van der Waals surface area (Å²) in [7, 11) is -3.09. The molecule has 0 saturated carbocycles. The van der Waals surface area contributed by atoms with Gasteiger partial charge in [0.15, 0.2) is 9.84 Å². The molecule has 0 amide bonds. The van der Waals surface area contributed by atoms with Gasteiger partial charge in [0.2, 0.25) is 0 Å². The van der Waals surface area contributed by atoms with Crippen LogP contribution < -0.4 is 4.90 Å². The Balaban J connectivity index is 2.10. The molecule has 1 fully saturated rings. The predicted molar refractivity (Wildman–Crippen MR) is 82.9 cm³/mol. The van der Waals surface area contributed by atoms with Gasteiger partial charge in [-0.3, -0.25) is 0 Å². The van der Waals surface area contributed by atoms with Crippen molar-refractivity contribution in [3.05, 3.63) is 24.3 Å². The molecule has 0 atom stereocenters. The molecule has 2 rings (SSSR count). The average Bonchev–Trinajstić information content (AvgIpc) is 2.40. The van der Waals surface area contributed by atoms with Crippen molar-refractivity contribution < 1.29 is 8.42 Å². The lowest BCUT2D eigenvalue weighted by atomic mass is 10.1. The van der Waals surface area contributed by atoms with Gasteiger partial charge in [0.25, 0.3) is 0 Å². The third-order valence-corrected chi connectivity index (χ3v) is 6.31. The highest BCUT2D eigenvalue weighted by Crippen LogP contribution is 2.24. The number of hydrogen-bond acceptors (Lipinski definition) is 3. The first-order chi connectivity index (χ1) is 9.03. The molecule has 0 N–H and O–H groups in total. The fourth-order valence-electron chi connectivity index (χ4n) is 2.36. The lowest BCUT2D eigenvalue weighted by molar-refractivity contribution is 0.593. The van der Waals surface area contributed by atoms with E-state index >= 15 is 0 Å². The zero-order chi connectivity index (χ0) is 13.9. The molecule has 1 aromatic rings. The zero-order valence-electron chi connectivity index (χ0n) is 11.2. The van der Waals surface area contributed by atoms with E-state index in [2.05, 4.69) is 20.8 Å². The summed E-state index contributed by atoms with van der Waals surface area (Å²) in [5, 5.41) is 0. The van der Waals surface area contributed by atoms with E-state index < -0.39 is 9.84 Å². The molecular formula is C14H20BrNO2S. The number of anilines is 1. The van der Waals surface area contributed by atoms with Gasteiger partial charge < -0.3 is 4.90 Å². The molecule has 0 radical (unpaired) electrons. The maximum atomic E-state index is 11.9. The molecule has 0 bridgehead atoms. The van der Waals surface area contributed by atoms with Crippen LogP contribution in [0.4, 0.5) is 5.69 Å². The summed E-state index contributed by atoms with van der Waals surface area (Å²) in [4.78, 5) is 3.37. The molecule has 0 aliphatic carbocycles. The first kappa shape index (κ1) is 14.9. The maximum Gasteiger partial charge on any atom is 0.178 e. The summed E-state index contributed by atoms with van der Waals surface area (Å²) in [6.07, 6.45) is 2.93. The smallest absolute Gasteiger partial charge is 0.178 e. The van der Waals surface area contributed by atoms with Crippen molar-refractivity contribution in [3.8, 4) is 0 Å². The van der Waals surface area contributed by atoms with Crippen molar-refractivity contribution in [2.24, 2.45) is 0 Å². The van der Waals surface area contributed by atoms with E-state index in [1.165, 1.54) is 0 Å². The minimum atomic E-state index is -3.09. The molecule has 106 valence electrons. The summed E-state index contributed by atoms with van der Waals surface area (Å²) >= 11 is 3.64. The van der Waals surface area contributed by atoms with Crippen molar-refractivity contribution in [1.29, 1.82) is 0 Å². The number of hydrogen-bond donors (Lipinski definition) is 0. The van der Waals surface area contributed by atoms with Crippen molar-refractivity contribution in [2.45, 2.75) is 35.9 Å². The average molecular weight is 346 g/mol. The highest BCUT2D eigenvalue weighted by atomic mass is 79.9. The first-order valence-corrected chi connectivity index (χ1v) is 9.31. The standard InChI is InChI=1S/C14H20BrNO2S/c1-2-11-19(17,18)14-5-3-13(4-6-14)16-9-7-12(15)8-10-16/h3-6,12H,2,7-11H2,1H3. The number of nitrogens with zero attached hydrogens (tertiary/aromatic N) is 1. The first-order valence-electron chi connectivity index (χ1n) is 6.75. The molecule has 0 aromatic heterocycles. The highest BCUT2D eigenvalue weighted by molar-refractivity contribution is 9.09. The van der Waals surface area contributed by atoms with E-state index in [0.717, 1.165) is 31.6 Å². The van der Waals surface area contributed by atoms with Crippen LogP contribution >= 0.6 is 15.9 Å². The van der Waals surface area contributed by atoms with E-state index in [-0.39, 0.29) is 5.75 Å². The van der Waals surface area contributed by atoms with Crippen LogP contribution in [0.2, 0.25) is 0 Å². The highest BCUT2D eigenvalue weighted by Gasteiger charge is 2.18. The molecule has 1 aromatic carbocycles. The minimum Gasteiger partial charge on any atom is -0.371 e. The second kappa shape index (κ2) is 6.27. The molecule has 3 nitrogen and oxygen atoms in total. The molecular weight excluding hydrogens is 326 g/mol. The van der Waals surface area contributed by atoms with Gasteiger partial charge >= 0.3 is 0 Å². The Morgan fingerprint density at radius 1 is 1.21 bits per heavy atom. The van der Waals surface area contributed by atoms with Gasteiger partial charge in [-0.05, 0) is 43.5 Å². The largest absolute Gasteiger partial charge is 0.371 e. The summed E-state index contributed by atoms with van der Waals surface area (Å²) in [6.45, 7) is 3.93. The van der Waals surface area contributed by atoms with Gasteiger partial charge in [-0.2, -0.15) is 0 Å². The Bertz CT molecular complexity index is 505. The van der Waals surface area contributed by atoms with Crippen LogP contribution in [-0.2, 0) is 9.84 Å². The molecule has 1 heterocycles. The quantitative estimate of drug-likeness (QED) is 0.786. The van der Waals surface area contributed by atoms with Gasteiger partial charge in [-0.15, -0.1) is 0 Å². The Hall–Kier alpha value is -0.550. The minimum absolute atomic E-state index is 0.224. The third kappa shape index (κ3) is 3.72. The van der Waals surface area contributed by atoms with E-state index in [4.69, 9.17) is 0 Å².